The first-order valence-corrected chi connectivity index (χ1v) is 7.70. The van der Waals surface area contributed by atoms with Crippen LogP contribution in [0.2, 0.25) is 0 Å². The molecule has 1 fully saturated rings. The predicted octanol–water partition coefficient (Wildman–Crippen LogP) is 2.01. The highest BCUT2D eigenvalue weighted by molar-refractivity contribution is 7.15. The average Bonchev–Trinajstić information content (AvgIpc) is 3.27. The van der Waals surface area contributed by atoms with E-state index in [4.69, 9.17) is 9.47 Å². The second-order valence-electron chi connectivity index (χ2n) is 4.94. The lowest BCUT2D eigenvalue weighted by Gasteiger charge is -2.02. The predicted molar refractivity (Wildman–Crippen MR) is 80.3 cm³/mol. The van der Waals surface area contributed by atoms with Crippen LogP contribution in [-0.2, 0) is 17.9 Å². The molecule has 3 rings (SSSR count). The molecular weight excluding hydrogens is 288 g/mol. The van der Waals surface area contributed by atoms with Crippen LogP contribution >= 0.6 is 11.3 Å². The monoisotopic (exact) mass is 306 g/mol. The van der Waals surface area contributed by atoms with Gasteiger partial charge < -0.3 is 14.8 Å². The van der Waals surface area contributed by atoms with Gasteiger partial charge >= 0.3 is 0 Å². The van der Waals surface area contributed by atoms with Crippen molar-refractivity contribution in [2.75, 3.05) is 14.2 Å². The maximum absolute atomic E-state index is 5.24. The van der Waals surface area contributed by atoms with Gasteiger partial charge in [0.25, 0.3) is 0 Å². The van der Waals surface area contributed by atoms with Crippen molar-refractivity contribution in [2.24, 2.45) is 0 Å². The van der Waals surface area contributed by atoms with Gasteiger partial charge in [-0.15, -0.1) is 21.5 Å². The molecule has 0 radical (unpaired) electrons. The largest absolute Gasteiger partial charge is 0.480 e. The molecule has 1 saturated carbocycles. The third-order valence-electron chi connectivity index (χ3n) is 3.26. The number of nitrogens with zero attached hydrogens (tertiary/aromatic N) is 3. The highest BCUT2D eigenvalue weighted by Gasteiger charge is 2.22. The zero-order valence-electron chi connectivity index (χ0n) is 12.1. The fourth-order valence-corrected chi connectivity index (χ4v) is 2.93. The molecule has 0 amide bonds. The van der Waals surface area contributed by atoms with Gasteiger partial charge in [-0.2, -0.15) is 0 Å². The SMILES string of the molecule is COCc1nc(-c2ccc(OC)nn2)sc1CNC1CC1. The first-order valence-electron chi connectivity index (χ1n) is 6.89. The Balaban J connectivity index is 1.80. The van der Waals surface area contributed by atoms with Crippen LogP contribution in [0, 0.1) is 0 Å². The third kappa shape index (κ3) is 3.55. The number of hydrogen-bond acceptors (Lipinski definition) is 7. The maximum atomic E-state index is 5.24. The molecule has 0 bridgehead atoms. The van der Waals surface area contributed by atoms with E-state index in [0.717, 1.165) is 22.9 Å². The molecule has 6 nitrogen and oxygen atoms in total. The number of ether oxygens (including phenoxy) is 2. The summed E-state index contributed by atoms with van der Waals surface area (Å²) in [4.78, 5) is 5.84. The lowest BCUT2D eigenvalue weighted by Crippen LogP contribution is -2.15. The Hall–Kier alpha value is -1.57. The van der Waals surface area contributed by atoms with Gasteiger partial charge in [-0.1, -0.05) is 0 Å². The Morgan fingerprint density at radius 3 is 2.76 bits per heavy atom. The van der Waals surface area contributed by atoms with Crippen molar-refractivity contribution >= 4 is 11.3 Å². The number of rotatable bonds is 7. The standard InChI is InChI=1S/C14H18N4O2S/c1-19-8-11-12(7-15-9-3-4-9)21-14(16-11)10-5-6-13(20-2)18-17-10/h5-6,9,15H,3-4,7-8H2,1-2H3. The Morgan fingerprint density at radius 1 is 1.29 bits per heavy atom. The van der Waals surface area contributed by atoms with Crippen LogP contribution in [0.25, 0.3) is 10.7 Å². The molecule has 112 valence electrons. The van der Waals surface area contributed by atoms with Gasteiger partial charge in [0.05, 0.1) is 19.4 Å². The van der Waals surface area contributed by atoms with E-state index in [-0.39, 0.29) is 0 Å². The van der Waals surface area contributed by atoms with Gasteiger partial charge in [0.2, 0.25) is 5.88 Å². The zero-order chi connectivity index (χ0) is 14.7. The molecule has 0 aromatic carbocycles. The van der Waals surface area contributed by atoms with E-state index >= 15 is 0 Å². The average molecular weight is 306 g/mol. The van der Waals surface area contributed by atoms with Crippen molar-refractivity contribution in [3.8, 4) is 16.6 Å². The summed E-state index contributed by atoms with van der Waals surface area (Å²) < 4.78 is 10.3. The van der Waals surface area contributed by atoms with Crippen LogP contribution in [0.4, 0.5) is 0 Å². The Bertz CT molecular complexity index is 596. The van der Waals surface area contributed by atoms with E-state index in [2.05, 4.69) is 20.5 Å². The van der Waals surface area contributed by atoms with Crippen molar-refractivity contribution in [1.82, 2.24) is 20.5 Å². The van der Waals surface area contributed by atoms with Crippen LogP contribution < -0.4 is 10.1 Å². The molecule has 2 aromatic heterocycles. The number of nitrogens with one attached hydrogen (secondary N) is 1. The van der Waals surface area contributed by atoms with Gasteiger partial charge in [0, 0.05) is 30.6 Å². The fraction of sp³-hybridized carbons (Fsp3) is 0.500. The van der Waals surface area contributed by atoms with Crippen LogP contribution in [0.1, 0.15) is 23.4 Å². The zero-order valence-corrected chi connectivity index (χ0v) is 12.9. The molecule has 0 atom stereocenters. The van der Waals surface area contributed by atoms with Crippen LogP contribution in [0.5, 0.6) is 5.88 Å². The first kappa shape index (κ1) is 14.4. The molecule has 21 heavy (non-hydrogen) atoms. The summed E-state index contributed by atoms with van der Waals surface area (Å²) in [6, 6.07) is 4.34. The molecule has 0 aliphatic heterocycles. The topological polar surface area (TPSA) is 69.2 Å². The summed E-state index contributed by atoms with van der Waals surface area (Å²) >= 11 is 1.64. The van der Waals surface area contributed by atoms with Gasteiger partial charge in [-0.3, -0.25) is 0 Å². The first-order chi connectivity index (χ1) is 10.3. The number of aromatic nitrogens is 3. The summed E-state index contributed by atoms with van der Waals surface area (Å²) in [7, 11) is 3.26. The second-order valence-corrected chi connectivity index (χ2v) is 6.02. The quantitative estimate of drug-likeness (QED) is 0.844. The van der Waals surface area contributed by atoms with E-state index in [1.807, 2.05) is 6.07 Å². The number of methoxy groups -OCH3 is 2. The minimum absolute atomic E-state index is 0.503. The molecule has 0 spiro atoms. The molecule has 1 aliphatic carbocycles. The van der Waals surface area contributed by atoms with Gasteiger partial charge in [-0.05, 0) is 18.9 Å². The van der Waals surface area contributed by atoms with Crippen LogP contribution in [0.15, 0.2) is 12.1 Å². The second kappa shape index (κ2) is 6.46. The highest BCUT2D eigenvalue weighted by Crippen LogP contribution is 2.28. The summed E-state index contributed by atoms with van der Waals surface area (Å²) in [5, 5.41) is 12.5. The summed E-state index contributed by atoms with van der Waals surface area (Å²) in [5.74, 6) is 0.503. The highest BCUT2D eigenvalue weighted by atomic mass is 32.1. The van der Waals surface area contributed by atoms with Gasteiger partial charge in [0.15, 0.2) is 0 Å². The lowest BCUT2D eigenvalue weighted by molar-refractivity contribution is 0.181. The van der Waals surface area contributed by atoms with Gasteiger partial charge in [-0.25, -0.2) is 4.98 Å². The minimum atomic E-state index is 0.503. The smallest absolute Gasteiger partial charge is 0.233 e. The molecule has 0 unspecified atom stereocenters. The van der Waals surface area contributed by atoms with E-state index < -0.39 is 0 Å². The molecule has 1 N–H and O–H groups in total. The molecule has 2 aromatic rings. The van der Waals surface area contributed by atoms with Crippen molar-refractivity contribution in [2.45, 2.75) is 32.0 Å². The maximum Gasteiger partial charge on any atom is 0.233 e. The van der Waals surface area contributed by atoms with Crippen molar-refractivity contribution in [3.05, 3.63) is 22.7 Å². The number of thiazole rings is 1. The normalized spacial score (nSPS) is 14.4. The molecular formula is C14H18N4O2S. The molecule has 2 heterocycles. The molecule has 1 aliphatic rings. The van der Waals surface area contributed by atoms with Gasteiger partial charge in [0.1, 0.15) is 10.7 Å². The summed E-state index contributed by atoms with van der Waals surface area (Å²) in [6.45, 7) is 1.35. The Morgan fingerprint density at radius 2 is 2.14 bits per heavy atom. The number of hydrogen-bond donors (Lipinski definition) is 1. The van der Waals surface area contributed by atoms with E-state index in [1.54, 1.807) is 31.6 Å². The van der Waals surface area contributed by atoms with Crippen molar-refractivity contribution in [3.63, 3.8) is 0 Å². The molecule has 0 saturated heterocycles. The Kier molecular flexibility index (Phi) is 4.42. The van der Waals surface area contributed by atoms with Crippen molar-refractivity contribution in [1.29, 1.82) is 0 Å². The summed E-state index contributed by atoms with van der Waals surface area (Å²) in [5.41, 5.74) is 1.74. The van der Waals surface area contributed by atoms with E-state index in [0.29, 0.717) is 18.5 Å². The lowest BCUT2D eigenvalue weighted by atomic mass is 10.3. The summed E-state index contributed by atoms with van der Waals surface area (Å²) in [6.07, 6.45) is 2.55. The Labute approximate surface area is 127 Å². The van der Waals surface area contributed by atoms with Crippen LogP contribution in [-0.4, -0.2) is 35.4 Å². The fourth-order valence-electron chi connectivity index (χ4n) is 1.95. The third-order valence-corrected chi connectivity index (χ3v) is 4.38. The van der Waals surface area contributed by atoms with Crippen LogP contribution in [0.3, 0.4) is 0 Å². The minimum Gasteiger partial charge on any atom is -0.480 e. The van der Waals surface area contributed by atoms with E-state index in [9.17, 15) is 0 Å². The van der Waals surface area contributed by atoms with Crippen molar-refractivity contribution < 1.29 is 9.47 Å². The molecule has 7 heteroatoms. The van der Waals surface area contributed by atoms with E-state index in [1.165, 1.54) is 17.7 Å².